The topological polar surface area (TPSA) is 200 Å². The van der Waals surface area contributed by atoms with Crippen LogP contribution in [-0.2, 0) is 94.8 Å². The van der Waals surface area contributed by atoms with Crippen LogP contribution in [0.5, 0.6) is 0 Å². The van der Waals surface area contributed by atoms with Gasteiger partial charge in [-0.1, -0.05) is 17.7 Å². The van der Waals surface area contributed by atoms with Gasteiger partial charge in [0.25, 0.3) is 10.1 Å². The molecule has 0 N–H and O–H groups in total. The Morgan fingerprint density at radius 2 is 0.460 bits per heavy atom. The molecule has 0 saturated carbocycles. The van der Waals surface area contributed by atoms with Crippen molar-refractivity contribution in [1.82, 2.24) is 0 Å². The molecule has 0 spiro atoms. The summed E-state index contributed by atoms with van der Waals surface area (Å²) >= 11 is 0. The third-order valence-electron chi connectivity index (χ3n) is 7.79. The van der Waals surface area contributed by atoms with Gasteiger partial charge in [0.05, 0.1) is 230 Å². The molecule has 1 aromatic rings. The summed E-state index contributed by atoms with van der Waals surface area (Å²) < 4.78 is 121. The van der Waals surface area contributed by atoms with E-state index in [-0.39, 0.29) is 18.1 Å². The predicted molar refractivity (Wildman–Crippen MR) is 229 cm³/mol. The lowest BCUT2D eigenvalue weighted by atomic mass is 10.2. The standard InChI is InChI=1S/C42H78O20S/c1-41-3-5-42(6-4-41)63(43,44)62-40-39-61-38-37-60-36-35-59-34-33-58-32-31-57-30-29-56-28-27-55-26-25-54-24-23-53-22-21-52-20-19-51-18-17-50-16-15-49-14-13-48-12-11-47-10-9-46-8-7-45-2/h3-6H,7-40H2,1-2H3. The Bertz CT molecular complexity index is 1150. The van der Waals surface area contributed by atoms with E-state index in [2.05, 4.69) is 0 Å². The fraction of sp³-hybridized carbons (Fsp3) is 0.857. The number of hydrogen-bond acceptors (Lipinski definition) is 20. The molecule has 1 rings (SSSR count). The van der Waals surface area contributed by atoms with E-state index >= 15 is 0 Å². The minimum atomic E-state index is -3.78. The van der Waals surface area contributed by atoms with E-state index < -0.39 is 10.1 Å². The van der Waals surface area contributed by atoms with Gasteiger partial charge in [0.15, 0.2) is 0 Å². The van der Waals surface area contributed by atoms with Crippen LogP contribution < -0.4 is 0 Å². The maximum atomic E-state index is 12.1. The number of ether oxygens (including phenoxy) is 17. The molecule has 0 amide bonds. The second-order valence-corrected chi connectivity index (χ2v) is 14.5. The monoisotopic (exact) mass is 934 g/mol. The molecule has 0 aliphatic rings. The van der Waals surface area contributed by atoms with Crippen molar-refractivity contribution in [2.75, 3.05) is 232 Å². The lowest BCUT2D eigenvalue weighted by Crippen LogP contribution is -2.16. The first-order valence-electron chi connectivity index (χ1n) is 21.7. The number of aryl methyl sites for hydroxylation is 1. The van der Waals surface area contributed by atoms with Crippen LogP contribution in [0.1, 0.15) is 5.56 Å². The Balaban J connectivity index is 1.63. The Labute approximate surface area is 375 Å². The summed E-state index contributed by atoms with van der Waals surface area (Å²) in [4.78, 5) is 0.124. The lowest BCUT2D eigenvalue weighted by molar-refractivity contribution is -0.0306. The first-order valence-corrected chi connectivity index (χ1v) is 23.2. The third kappa shape index (κ3) is 44.1. The van der Waals surface area contributed by atoms with E-state index in [1.165, 1.54) is 12.1 Å². The molecule has 372 valence electrons. The van der Waals surface area contributed by atoms with Crippen molar-refractivity contribution >= 4 is 10.1 Å². The summed E-state index contributed by atoms with van der Waals surface area (Å²) in [5.74, 6) is 0. The fourth-order valence-corrected chi connectivity index (χ4v) is 5.41. The Morgan fingerprint density at radius 1 is 0.286 bits per heavy atom. The predicted octanol–water partition coefficient (Wildman–Crippen LogP) is 1.61. The highest BCUT2D eigenvalue weighted by Crippen LogP contribution is 2.13. The van der Waals surface area contributed by atoms with Crippen LogP contribution in [0, 0.1) is 6.92 Å². The largest absolute Gasteiger partial charge is 0.382 e. The number of hydrogen-bond donors (Lipinski definition) is 0. The Kier molecular flexibility index (Phi) is 45.7. The molecule has 63 heavy (non-hydrogen) atoms. The number of methoxy groups -OCH3 is 1. The normalized spacial score (nSPS) is 11.9. The molecule has 20 nitrogen and oxygen atoms in total. The van der Waals surface area contributed by atoms with E-state index in [1.807, 2.05) is 6.92 Å². The molecule has 0 bridgehead atoms. The minimum absolute atomic E-state index is 0.0651. The average molecular weight is 935 g/mol. The maximum Gasteiger partial charge on any atom is 0.297 e. The van der Waals surface area contributed by atoms with E-state index in [0.29, 0.717) is 211 Å². The number of benzene rings is 1. The van der Waals surface area contributed by atoms with Crippen molar-refractivity contribution in [1.29, 1.82) is 0 Å². The van der Waals surface area contributed by atoms with Gasteiger partial charge in [0.2, 0.25) is 0 Å². The summed E-state index contributed by atoms with van der Waals surface area (Å²) in [6.07, 6.45) is 0. The lowest BCUT2D eigenvalue weighted by Gasteiger charge is -2.09. The van der Waals surface area contributed by atoms with Gasteiger partial charge in [-0.2, -0.15) is 8.42 Å². The smallest absolute Gasteiger partial charge is 0.297 e. The molecule has 0 heterocycles. The van der Waals surface area contributed by atoms with Gasteiger partial charge >= 0.3 is 0 Å². The van der Waals surface area contributed by atoms with E-state index in [0.717, 1.165) is 5.56 Å². The van der Waals surface area contributed by atoms with Crippen molar-refractivity contribution in [3.63, 3.8) is 0 Å². The molecule has 1 aromatic carbocycles. The second kappa shape index (κ2) is 48.4. The SMILES string of the molecule is COCCOCCOCCOCCOCCOCCOCCOCCOCCOCCOCCOCCOCCOCCOCCOCCOCCOS(=O)(=O)c1ccc(C)cc1. The van der Waals surface area contributed by atoms with Gasteiger partial charge in [0, 0.05) is 7.11 Å². The summed E-state index contributed by atoms with van der Waals surface area (Å²) in [6, 6.07) is 6.48. The number of rotatable bonds is 53. The van der Waals surface area contributed by atoms with Gasteiger partial charge in [-0.05, 0) is 19.1 Å². The van der Waals surface area contributed by atoms with Gasteiger partial charge in [-0.15, -0.1) is 0 Å². The minimum Gasteiger partial charge on any atom is -0.382 e. The zero-order chi connectivity index (χ0) is 45.3. The summed E-state index contributed by atoms with van der Waals surface area (Å²) in [6.45, 7) is 17.4. The first-order chi connectivity index (χ1) is 31.1. The molecular weight excluding hydrogens is 857 g/mol. The molecular formula is C42H78O20S. The van der Waals surface area contributed by atoms with Crippen molar-refractivity contribution in [3.8, 4) is 0 Å². The van der Waals surface area contributed by atoms with E-state index in [4.69, 9.17) is 84.7 Å². The molecule has 21 heteroatoms. The zero-order valence-corrected chi connectivity index (χ0v) is 38.7. The summed E-state index contributed by atoms with van der Waals surface area (Å²) in [5.41, 5.74) is 0.972. The Morgan fingerprint density at radius 3 is 0.651 bits per heavy atom. The van der Waals surface area contributed by atoms with E-state index in [9.17, 15) is 8.42 Å². The molecule has 0 radical (unpaired) electrons. The van der Waals surface area contributed by atoms with Crippen LogP contribution in [0.25, 0.3) is 0 Å². The second-order valence-electron chi connectivity index (χ2n) is 12.9. The van der Waals surface area contributed by atoms with Crippen LogP contribution in [0.15, 0.2) is 29.2 Å². The highest BCUT2D eigenvalue weighted by molar-refractivity contribution is 7.86. The van der Waals surface area contributed by atoms with Crippen LogP contribution in [0.3, 0.4) is 0 Å². The van der Waals surface area contributed by atoms with E-state index in [1.54, 1.807) is 19.2 Å². The quantitative estimate of drug-likeness (QED) is 0.0674. The highest BCUT2D eigenvalue weighted by atomic mass is 32.2. The summed E-state index contributed by atoms with van der Waals surface area (Å²) in [7, 11) is -2.14. The summed E-state index contributed by atoms with van der Waals surface area (Å²) in [5, 5.41) is 0. The van der Waals surface area contributed by atoms with Crippen molar-refractivity contribution in [3.05, 3.63) is 29.8 Å². The molecule has 0 aromatic heterocycles. The van der Waals surface area contributed by atoms with Crippen LogP contribution in [0.2, 0.25) is 0 Å². The molecule has 0 unspecified atom stereocenters. The van der Waals surface area contributed by atoms with Crippen molar-refractivity contribution < 1.29 is 93.1 Å². The maximum absolute atomic E-state index is 12.1. The van der Waals surface area contributed by atoms with Gasteiger partial charge in [-0.25, -0.2) is 0 Å². The van der Waals surface area contributed by atoms with Crippen molar-refractivity contribution in [2.24, 2.45) is 0 Å². The fourth-order valence-electron chi connectivity index (χ4n) is 4.52. The zero-order valence-electron chi connectivity index (χ0n) is 37.9. The van der Waals surface area contributed by atoms with Crippen LogP contribution in [-0.4, -0.2) is 240 Å². The van der Waals surface area contributed by atoms with Crippen molar-refractivity contribution in [2.45, 2.75) is 11.8 Å². The average Bonchev–Trinajstić information content (AvgIpc) is 3.28. The third-order valence-corrected chi connectivity index (χ3v) is 9.11. The molecule has 0 saturated heterocycles. The van der Waals surface area contributed by atoms with Crippen LogP contribution in [0.4, 0.5) is 0 Å². The molecule has 0 atom stereocenters. The van der Waals surface area contributed by atoms with Crippen LogP contribution >= 0.6 is 0 Å². The first kappa shape index (κ1) is 59.5. The van der Waals surface area contributed by atoms with Gasteiger partial charge in [0.1, 0.15) is 0 Å². The molecule has 0 fully saturated rings. The Hall–Kier alpha value is -1.55. The van der Waals surface area contributed by atoms with Gasteiger partial charge in [-0.3, -0.25) is 4.18 Å². The molecule has 0 aliphatic carbocycles. The van der Waals surface area contributed by atoms with Gasteiger partial charge < -0.3 is 80.5 Å². The highest BCUT2D eigenvalue weighted by Gasteiger charge is 2.14. The molecule has 0 aliphatic heterocycles.